The highest BCUT2D eigenvalue weighted by molar-refractivity contribution is 5.95. The number of hydrogen-bond donors (Lipinski definition) is 1. The van der Waals surface area contributed by atoms with E-state index >= 15 is 0 Å². The maximum Gasteiger partial charge on any atom is 0.413 e. The normalized spacial score (nSPS) is 12.3. The summed E-state index contributed by atoms with van der Waals surface area (Å²) in [5, 5.41) is 8.96. The summed E-state index contributed by atoms with van der Waals surface area (Å²) < 4.78 is 0. The van der Waals surface area contributed by atoms with Crippen molar-refractivity contribution in [2.24, 2.45) is 0 Å². The molecule has 20 heavy (non-hydrogen) atoms. The van der Waals surface area contributed by atoms with E-state index in [2.05, 4.69) is 19.9 Å². The highest BCUT2D eigenvalue weighted by atomic mass is 16.4. The topological polar surface area (TPSA) is 57.6 Å². The van der Waals surface area contributed by atoms with E-state index in [4.69, 9.17) is 5.11 Å². The molecule has 0 aliphatic carbocycles. The number of amides is 2. The molecule has 110 valence electrons. The van der Waals surface area contributed by atoms with Crippen molar-refractivity contribution < 1.29 is 14.7 Å². The van der Waals surface area contributed by atoms with Gasteiger partial charge in [-0.3, -0.25) is 9.69 Å². The van der Waals surface area contributed by atoms with Gasteiger partial charge in [0, 0.05) is 7.05 Å². The van der Waals surface area contributed by atoms with Gasteiger partial charge in [0.05, 0.1) is 5.92 Å². The minimum atomic E-state index is -1.22. The Morgan fingerprint density at radius 2 is 1.80 bits per heavy atom. The van der Waals surface area contributed by atoms with Gasteiger partial charge in [-0.05, 0) is 36.0 Å². The zero-order valence-electron chi connectivity index (χ0n) is 12.8. The summed E-state index contributed by atoms with van der Waals surface area (Å²) in [7, 11) is 1.30. The molecular formula is C16H23NO3. The molecule has 4 heteroatoms. The standard InChI is InChI=1S/C16H23NO3/c1-6-12(15(18)17(5)16(19)20)14-9-7-8-13(10(2)3)11(14)4/h7-10,12H,6H2,1-5H3,(H,19,20)/t12-/m0/s1. The lowest BCUT2D eigenvalue weighted by molar-refractivity contribution is -0.129. The van der Waals surface area contributed by atoms with Crippen molar-refractivity contribution in [1.29, 1.82) is 0 Å². The first kappa shape index (κ1) is 16.2. The molecule has 1 N–H and O–H groups in total. The van der Waals surface area contributed by atoms with Gasteiger partial charge < -0.3 is 5.11 Å². The summed E-state index contributed by atoms with van der Waals surface area (Å²) in [5.41, 5.74) is 3.21. The molecule has 0 saturated carbocycles. The molecule has 0 bridgehead atoms. The van der Waals surface area contributed by atoms with Gasteiger partial charge in [-0.2, -0.15) is 0 Å². The number of imide groups is 1. The summed E-state index contributed by atoms with van der Waals surface area (Å²) in [6.45, 7) is 8.12. The summed E-state index contributed by atoms with van der Waals surface area (Å²) in [6.07, 6.45) is -0.634. The number of carbonyl (C=O) groups is 2. The van der Waals surface area contributed by atoms with Crippen molar-refractivity contribution in [3.05, 3.63) is 34.9 Å². The Hall–Kier alpha value is -1.84. The maximum absolute atomic E-state index is 12.3. The summed E-state index contributed by atoms with van der Waals surface area (Å²) >= 11 is 0. The van der Waals surface area contributed by atoms with Crippen LogP contribution in [-0.4, -0.2) is 29.1 Å². The third-order valence-electron chi connectivity index (χ3n) is 3.74. The van der Waals surface area contributed by atoms with Crippen molar-refractivity contribution in [2.75, 3.05) is 7.05 Å². The fraction of sp³-hybridized carbons (Fsp3) is 0.500. The SMILES string of the molecule is CC[C@H](C(=O)N(C)C(=O)O)c1cccc(C(C)C)c1C. The highest BCUT2D eigenvalue weighted by Crippen LogP contribution is 2.30. The monoisotopic (exact) mass is 277 g/mol. The van der Waals surface area contributed by atoms with Crippen LogP contribution in [0.2, 0.25) is 0 Å². The minimum absolute atomic E-state index is 0.371. The Kier molecular flexibility index (Phi) is 5.31. The molecule has 0 aromatic heterocycles. The number of nitrogens with zero attached hydrogens (tertiary/aromatic N) is 1. The van der Waals surface area contributed by atoms with Gasteiger partial charge in [-0.15, -0.1) is 0 Å². The van der Waals surface area contributed by atoms with Crippen LogP contribution in [0, 0.1) is 6.92 Å². The lowest BCUT2D eigenvalue weighted by Crippen LogP contribution is -2.35. The van der Waals surface area contributed by atoms with Gasteiger partial charge in [0.2, 0.25) is 5.91 Å². The van der Waals surface area contributed by atoms with E-state index in [1.54, 1.807) is 0 Å². The van der Waals surface area contributed by atoms with Crippen LogP contribution < -0.4 is 0 Å². The third-order valence-corrected chi connectivity index (χ3v) is 3.74. The molecule has 0 aliphatic heterocycles. The zero-order valence-corrected chi connectivity index (χ0v) is 12.8. The molecule has 0 aliphatic rings. The lowest BCUT2D eigenvalue weighted by atomic mass is 9.86. The second kappa shape index (κ2) is 6.55. The first-order valence-corrected chi connectivity index (χ1v) is 6.91. The van der Waals surface area contributed by atoms with E-state index in [0.29, 0.717) is 12.3 Å². The molecule has 4 nitrogen and oxygen atoms in total. The average molecular weight is 277 g/mol. The molecule has 0 unspecified atom stereocenters. The molecule has 2 amide bonds. The molecule has 1 atom stereocenters. The number of likely N-dealkylation sites (N-methyl/N-ethyl adjacent to an activating group) is 1. The first-order valence-electron chi connectivity index (χ1n) is 6.91. The Labute approximate surface area is 120 Å². The van der Waals surface area contributed by atoms with Crippen LogP contribution >= 0.6 is 0 Å². The largest absolute Gasteiger partial charge is 0.465 e. The third kappa shape index (κ3) is 3.18. The number of rotatable bonds is 4. The van der Waals surface area contributed by atoms with Crippen LogP contribution in [0.25, 0.3) is 0 Å². The highest BCUT2D eigenvalue weighted by Gasteiger charge is 2.27. The van der Waals surface area contributed by atoms with E-state index in [1.165, 1.54) is 12.6 Å². The molecule has 0 radical (unpaired) electrons. The van der Waals surface area contributed by atoms with Crippen molar-refractivity contribution in [3.63, 3.8) is 0 Å². The van der Waals surface area contributed by atoms with E-state index in [1.807, 2.05) is 26.0 Å². The maximum atomic E-state index is 12.3. The molecule has 1 aromatic carbocycles. The van der Waals surface area contributed by atoms with Crippen LogP contribution in [0.4, 0.5) is 4.79 Å². The van der Waals surface area contributed by atoms with Gasteiger partial charge in [0.1, 0.15) is 0 Å². The number of carboxylic acid groups (broad SMARTS) is 1. The first-order chi connectivity index (χ1) is 9.31. The van der Waals surface area contributed by atoms with Gasteiger partial charge in [-0.1, -0.05) is 39.0 Å². The van der Waals surface area contributed by atoms with Gasteiger partial charge in [0.25, 0.3) is 0 Å². The molecular weight excluding hydrogens is 254 g/mol. The van der Waals surface area contributed by atoms with Crippen LogP contribution in [0.1, 0.15) is 55.7 Å². The quantitative estimate of drug-likeness (QED) is 0.911. The van der Waals surface area contributed by atoms with Crippen molar-refractivity contribution in [2.45, 2.75) is 46.0 Å². The second-order valence-corrected chi connectivity index (χ2v) is 5.36. The number of hydrogen-bond acceptors (Lipinski definition) is 2. The fourth-order valence-electron chi connectivity index (χ4n) is 2.53. The molecule has 0 saturated heterocycles. The van der Waals surface area contributed by atoms with Crippen LogP contribution in [-0.2, 0) is 4.79 Å². The molecule has 1 rings (SSSR count). The predicted molar refractivity (Wildman–Crippen MR) is 79.1 cm³/mol. The van der Waals surface area contributed by atoms with Crippen molar-refractivity contribution in [1.82, 2.24) is 4.90 Å². The second-order valence-electron chi connectivity index (χ2n) is 5.36. The van der Waals surface area contributed by atoms with Crippen LogP contribution in [0.5, 0.6) is 0 Å². The van der Waals surface area contributed by atoms with E-state index in [0.717, 1.165) is 16.0 Å². The van der Waals surface area contributed by atoms with E-state index in [-0.39, 0.29) is 5.91 Å². The van der Waals surface area contributed by atoms with Crippen LogP contribution in [0.3, 0.4) is 0 Å². The Balaban J connectivity index is 3.23. The molecule has 0 heterocycles. The Morgan fingerprint density at radius 3 is 2.25 bits per heavy atom. The summed E-state index contributed by atoms with van der Waals surface area (Å²) in [4.78, 5) is 24.0. The van der Waals surface area contributed by atoms with E-state index in [9.17, 15) is 9.59 Å². The van der Waals surface area contributed by atoms with Crippen LogP contribution in [0.15, 0.2) is 18.2 Å². The minimum Gasteiger partial charge on any atom is -0.465 e. The lowest BCUT2D eigenvalue weighted by Gasteiger charge is -2.23. The van der Waals surface area contributed by atoms with Crippen molar-refractivity contribution in [3.8, 4) is 0 Å². The molecule has 1 aromatic rings. The number of benzene rings is 1. The number of carbonyl (C=O) groups excluding carboxylic acids is 1. The molecule has 0 spiro atoms. The smallest absolute Gasteiger partial charge is 0.413 e. The summed E-state index contributed by atoms with van der Waals surface area (Å²) in [6, 6.07) is 5.92. The summed E-state index contributed by atoms with van der Waals surface area (Å²) in [5.74, 6) is -0.404. The van der Waals surface area contributed by atoms with E-state index < -0.39 is 12.0 Å². The van der Waals surface area contributed by atoms with Gasteiger partial charge in [-0.25, -0.2) is 4.79 Å². The molecule has 0 fully saturated rings. The Morgan fingerprint density at radius 1 is 1.25 bits per heavy atom. The fourth-order valence-corrected chi connectivity index (χ4v) is 2.53. The predicted octanol–water partition coefficient (Wildman–Crippen LogP) is 3.75. The average Bonchev–Trinajstić information content (AvgIpc) is 2.39. The zero-order chi connectivity index (χ0) is 15.4. The van der Waals surface area contributed by atoms with Gasteiger partial charge >= 0.3 is 6.09 Å². The van der Waals surface area contributed by atoms with Gasteiger partial charge in [0.15, 0.2) is 0 Å². The van der Waals surface area contributed by atoms with Crippen molar-refractivity contribution >= 4 is 12.0 Å². The Bertz CT molecular complexity index is 508.